The number of aliphatic hydroxyl groups excluding tert-OH is 1. The van der Waals surface area contributed by atoms with Crippen molar-refractivity contribution in [2.45, 2.75) is 77.7 Å². The van der Waals surface area contributed by atoms with Gasteiger partial charge in [-0.15, -0.1) is 0 Å². The van der Waals surface area contributed by atoms with E-state index in [2.05, 4.69) is 32.0 Å². The lowest BCUT2D eigenvalue weighted by Crippen LogP contribution is -2.18. The number of unbranched alkanes of at least 4 members (excludes halogenated alkanes) is 3. The Morgan fingerprint density at radius 1 is 1.30 bits per heavy atom. The summed E-state index contributed by atoms with van der Waals surface area (Å²) in [5.74, 6) is 1.51. The van der Waals surface area contributed by atoms with Crippen LogP contribution in [-0.2, 0) is 4.79 Å². The van der Waals surface area contributed by atoms with Crippen LogP contribution in [0.1, 0.15) is 71.6 Å². The lowest BCUT2D eigenvalue weighted by atomic mass is 9.88. The monoisotopic (exact) mass is 375 g/mol. The summed E-state index contributed by atoms with van der Waals surface area (Å²) in [4.78, 5) is 14.6. The number of aliphatic hydroxyl groups is 1. The molecule has 3 nitrogen and oxygen atoms in total. The highest BCUT2D eigenvalue weighted by Gasteiger charge is 2.43. The third-order valence-corrected chi connectivity index (χ3v) is 6.51. The van der Waals surface area contributed by atoms with E-state index >= 15 is 0 Å². The third-order valence-electron chi connectivity index (χ3n) is 6.51. The summed E-state index contributed by atoms with van der Waals surface area (Å²) in [7, 11) is 4.27. The van der Waals surface area contributed by atoms with E-state index in [-0.39, 0.29) is 23.7 Å². The molecule has 0 aromatic rings. The molecule has 0 aromatic heterocycles. The number of hydrogen-bond donors (Lipinski definition) is 1. The third kappa shape index (κ3) is 6.87. The van der Waals surface area contributed by atoms with Crippen LogP contribution in [0.2, 0.25) is 0 Å². The zero-order valence-electron chi connectivity index (χ0n) is 18.0. The summed E-state index contributed by atoms with van der Waals surface area (Å²) >= 11 is 0. The molecule has 1 N–H and O–H groups in total. The van der Waals surface area contributed by atoms with Gasteiger partial charge in [-0.3, -0.25) is 4.79 Å². The molecule has 2 aliphatic carbocycles. The van der Waals surface area contributed by atoms with Gasteiger partial charge in [0.15, 0.2) is 5.78 Å². The highest BCUT2D eigenvalue weighted by Crippen LogP contribution is 2.48. The Kier molecular flexibility index (Phi) is 9.25. The maximum Gasteiger partial charge on any atom is 0.158 e. The van der Waals surface area contributed by atoms with E-state index in [1.54, 1.807) is 11.6 Å². The van der Waals surface area contributed by atoms with Crippen molar-refractivity contribution in [1.82, 2.24) is 4.90 Å². The minimum Gasteiger partial charge on any atom is -0.392 e. The van der Waals surface area contributed by atoms with Crippen molar-refractivity contribution < 1.29 is 9.90 Å². The average Bonchev–Trinajstić information content (AvgIpc) is 3.13. The van der Waals surface area contributed by atoms with Crippen LogP contribution in [0.25, 0.3) is 0 Å². The standard InChI is InChI=1S/C24H41NO2/c1-5-6-10-18(2)23(26)13-12-21-22-16-19(15-20(22)17-24(21)27)11-8-7-9-14-25(3)4/h12-13,15,18,20-22,24,27H,5-11,14,16-17H2,1-4H3/t18-,20-,21+,22-,24+/m0/s1. The largest absolute Gasteiger partial charge is 0.392 e. The fraction of sp³-hybridized carbons (Fsp3) is 0.792. The van der Waals surface area contributed by atoms with E-state index in [1.165, 1.54) is 32.2 Å². The molecule has 0 heterocycles. The van der Waals surface area contributed by atoms with Crippen LogP contribution < -0.4 is 0 Å². The van der Waals surface area contributed by atoms with Gasteiger partial charge in [0.05, 0.1) is 6.10 Å². The number of hydrogen-bond acceptors (Lipinski definition) is 3. The van der Waals surface area contributed by atoms with Gasteiger partial charge in [-0.05, 0) is 77.1 Å². The lowest BCUT2D eigenvalue weighted by molar-refractivity contribution is -0.117. The summed E-state index contributed by atoms with van der Waals surface area (Å²) in [6.07, 6.45) is 16.2. The predicted octanol–water partition coefficient (Wildman–Crippen LogP) is 5.00. The van der Waals surface area contributed by atoms with Crippen molar-refractivity contribution in [2.75, 3.05) is 20.6 Å². The SMILES string of the molecule is CCCC[C@H](C)C(=O)C=C[C@@H]1[C@H]2CC(CCCCCN(C)C)=C[C@H]2C[C@H]1O. The summed E-state index contributed by atoms with van der Waals surface area (Å²) < 4.78 is 0. The van der Waals surface area contributed by atoms with Crippen LogP contribution in [0.5, 0.6) is 0 Å². The maximum atomic E-state index is 12.3. The van der Waals surface area contributed by atoms with Crippen LogP contribution >= 0.6 is 0 Å². The van der Waals surface area contributed by atoms with Gasteiger partial charge in [0.25, 0.3) is 0 Å². The Morgan fingerprint density at radius 3 is 2.78 bits per heavy atom. The smallest absolute Gasteiger partial charge is 0.158 e. The summed E-state index contributed by atoms with van der Waals surface area (Å²) in [5.41, 5.74) is 1.59. The number of nitrogens with zero attached hydrogens (tertiary/aromatic N) is 1. The number of rotatable bonds is 12. The Hall–Kier alpha value is -0.930. The van der Waals surface area contributed by atoms with Gasteiger partial charge in [0.1, 0.15) is 0 Å². The highest BCUT2D eigenvalue weighted by molar-refractivity contribution is 5.91. The molecule has 0 aromatic carbocycles. The minimum atomic E-state index is -0.284. The Labute approximate surface area is 166 Å². The van der Waals surface area contributed by atoms with Crippen molar-refractivity contribution in [3.8, 4) is 0 Å². The van der Waals surface area contributed by atoms with Gasteiger partial charge in [-0.1, -0.05) is 50.8 Å². The zero-order valence-corrected chi connectivity index (χ0v) is 18.0. The molecule has 0 unspecified atom stereocenters. The molecule has 1 saturated carbocycles. The van der Waals surface area contributed by atoms with Crippen LogP contribution in [0, 0.1) is 23.7 Å². The fourth-order valence-electron chi connectivity index (χ4n) is 4.77. The van der Waals surface area contributed by atoms with E-state index in [4.69, 9.17) is 0 Å². The predicted molar refractivity (Wildman–Crippen MR) is 114 cm³/mol. The van der Waals surface area contributed by atoms with Crippen molar-refractivity contribution in [3.63, 3.8) is 0 Å². The van der Waals surface area contributed by atoms with Crippen molar-refractivity contribution in [3.05, 3.63) is 23.8 Å². The summed E-state index contributed by atoms with van der Waals surface area (Å²) in [6.45, 7) is 5.37. The van der Waals surface area contributed by atoms with Crippen LogP contribution in [0.3, 0.4) is 0 Å². The van der Waals surface area contributed by atoms with Crippen molar-refractivity contribution in [1.29, 1.82) is 0 Å². The summed E-state index contributed by atoms with van der Waals surface area (Å²) in [6, 6.07) is 0. The van der Waals surface area contributed by atoms with E-state index in [0.717, 1.165) is 32.1 Å². The van der Waals surface area contributed by atoms with Crippen LogP contribution in [0.4, 0.5) is 0 Å². The lowest BCUT2D eigenvalue weighted by Gasteiger charge is -2.18. The van der Waals surface area contributed by atoms with Gasteiger partial charge in [-0.2, -0.15) is 0 Å². The van der Waals surface area contributed by atoms with Gasteiger partial charge >= 0.3 is 0 Å². The second-order valence-corrected chi connectivity index (χ2v) is 9.16. The first kappa shape index (κ1) is 22.4. The second-order valence-electron chi connectivity index (χ2n) is 9.16. The molecule has 2 aliphatic rings. The van der Waals surface area contributed by atoms with Crippen molar-refractivity contribution >= 4 is 5.78 Å². The van der Waals surface area contributed by atoms with E-state index in [1.807, 2.05) is 13.0 Å². The average molecular weight is 376 g/mol. The molecule has 154 valence electrons. The van der Waals surface area contributed by atoms with Crippen molar-refractivity contribution in [2.24, 2.45) is 23.7 Å². The van der Waals surface area contributed by atoms with Crippen LogP contribution in [0.15, 0.2) is 23.8 Å². The number of fused-ring (bicyclic) bond motifs is 1. The summed E-state index contributed by atoms with van der Waals surface area (Å²) in [5, 5.41) is 10.5. The molecule has 0 radical (unpaired) electrons. The fourth-order valence-corrected chi connectivity index (χ4v) is 4.77. The molecule has 0 spiro atoms. The maximum absolute atomic E-state index is 12.3. The van der Waals surface area contributed by atoms with E-state index in [0.29, 0.717) is 11.8 Å². The van der Waals surface area contributed by atoms with E-state index < -0.39 is 0 Å². The molecular formula is C24H41NO2. The Balaban J connectivity index is 1.79. The molecule has 2 rings (SSSR count). The quantitative estimate of drug-likeness (QED) is 0.296. The first-order chi connectivity index (χ1) is 12.9. The number of ketones is 1. The molecule has 0 amide bonds. The van der Waals surface area contributed by atoms with E-state index in [9.17, 15) is 9.90 Å². The molecular weight excluding hydrogens is 334 g/mol. The minimum absolute atomic E-state index is 0.106. The first-order valence-electron chi connectivity index (χ1n) is 11.2. The molecule has 0 bridgehead atoms. The van der Waals surface area contributed by atoms with Gasteiger partial charge in [0.2, 0.25) is 0 Å². The normalized spacial score (nSPS) is 28.7. The highest BCUT2D eigenvalue weighted by atomic mass is 16.3. The number of carbonyl (C=O) groups is 1. The molecule has 0 saturated heterocycles. The van der Waals surface area contributed by atoms with Gasteiger partial charge in [0, 0.05) is 11.8 Å². The molecule has 27 heavy (non-hydrogen) atoms. The molecule has 5 atom stereocenters. The molecule has 3 heteroatoms. The Morgan fingerprint density at radius 2 is 2.07 bits per heavy atom. The van der Waals surface area contributed by atoms with Gasteiger partial charge in [-0.25, -0.2) is 0 Å². The van der Waals surface area contributed by atoms with Crippen LogP contribution in [-0.4, -0.2) is 42.5 Å². The topological polar surface area (TPSA) is 40.5 Å². The molecule has 1 fully saturated rings. The first-order valence-corrected chi connectivity index (χ1v) is 11.2. The second kappa shape index (κ2) is 11.2. The number of carbonyl (C=O) groups excluding carboxylic acids is 1. The number of allylic oxidation sites excluding steroid dienone is 3. The Bertz CT molecular complexity index is 522. The van der Waals surface area contributed by atoms with Gasteiger partial charge < -0.3 is 10.0 Å². The zero-order chi connectivity index (χ0) is 19.8. The molecule has 0 aliphatic heterocycles.